The molecule has 0 aromatic heterocycles. The molecular weight excluding hydrogens is 346 g/mol. The molecule has 1 amide bonds. The average molecular weight is 367 g/mol. The Morgan fingerprint density at radius 1 is 1.24 bits per heavy atom. The molecule has 25 heavy (non-hydrogen) atoms. The molecule has 1 saturated heterocycles. The first-order chi connectivity index (χ1) is 11.6. The van der Waals surface area contributed by atoms with Crippen molar-refractivity contribution in [3.05, 3.63) is 35.9 Å². The van der Waals surface area contributed by atoms with E-state index in [2.05, 4.69) is 10.6 Å². The third-order valence-corrected chi connectivity index (χ3v) is 5.52. The van der Waals surface area contributed by atoms with Crippen molar-refractivity contribution in [2.24, 2.45) is 5.73 Å². The fourth-order valence-electron chi connectivity index (χ4n) is 2.65. The Labute approximate surface area is 149 Å². The highest BCUT2D eigenvalue weighted by Crippen LogP contribution is 2.39. The number of hydrogen-bond donors (Lipinski definition) is 5. The predicted octanol–water partition coefficient (Wildman–Crippen LogP) is 0.150. The van der Waals surface area contributed by atoms with Crippen molar-refractivity contribution in [2.45, 2.75) is 42.1 Å². The van der Waals surface area contributed by atoms with Gasteiger partial charge < -0.3 is 21.3 Å². The topological polar surface area (TPSA) is 142 Å². The van der Waals surface area contributed by atoms with Gasteiger partial charge in [-0.25, -0.2) is 4.79 Å². The summed E-state index contributed by atoms with van der Waals surface area (Å²) in [6, 6.07) is 5.33. The van der Waals surface area contributed by atoms with Crippen LogP contribution in [-0.2, 0) is 14.4 Å². The van der Waals surface area contributed by atoms with Crippen LogP contribution in [0.3, 0.4) is 0 Å². The van der Waals surface area contributed by atoms with Crippen molar-refractivity contribution in [3.63, 3.8) is 0 Å². The van der Waals surface area contributed by atoms with Crippen molar-refractivity contribution < 1.29 is 24.6 Å². The van der Waals surface area contributed by atoms with Crippen molar-refractivity contribution >= 4 is 29.6 Å². The lowest BCUT2D eigenvalue weighted by Crippen LogP contribution is -2.55. The van der Waals surface area contributed by atoms with Crippen LogP contribution >= 0.6 is 11.8 Å². The number of nitrogens with one attached hydrogen (secondary N) is 2. The van der Waals surface area contributed by atoms with Crippen LogP contribution in [0.2, 0.25) is 0 Å². The lowest BCUT2D eigenvalue weighted by Gasteiger charge is -2.23. The van der Waals surface area contributed by atoms with Gasteiger partial charge in [0.15, 0.2) is 6.04 Å². The second-order valence-electron chi connectivity index (χ2n) is 6.29. The summed E-state index contributed by atoms with van der Waals surface area (Å²) < 4.78 is -0.726. The van der Waals surface area contributed by atoms with E-state index in [1.807, 2.05) is 0 Å². The Hall–Kier alpha value is -2.10. The summed E-state index contributed by atoms with van der Waals surface area (Å²) in [6.45, 7) is 3.42. The highest BCUT2D eigenvalue weighted by molar-refractivity contribution is 8.01. The molecule has 2 rings (SSSR count). The number of carbonyl (C=O) groups is 3. The summed E-state index contributed by atoms with van der Waals surface area (Å²) in [7, 11) is 0. The molecule has 1 aromatic carbocycles. The van der Waals surface area contributed by atoms with Gasteiger partial charge in [0, 0.05) is 4.75 Å². The Bertz CT molecular complexity index is 667. The van der Waals surface area contributed by atoms with Crippen LogP contribution < -0.4 is 16.4 Å². The minimum atomic E-state index is -1.31. The number of nitrogens with two attached hydrogens (primary N) is 1. The first kappa shape index (κ1) is 19.2. The van der Waals surface area contributed by atoms with Crippen molar-refractivity contribution in [1.82, 2.24) is 10.6 Å². The van der Waals surface area contributed by atoms with Crippen LogP contribution in [0.15, 0.2) is 30.3 Å². The van der Waals surface area contributed by atoms with E-state index in [1.165, 1.54) is 0 Å². The molecular formula is C16H21N3O5S. The Morgan fingerprint density at radius 3 is 2.32 bits per heavy atom. The molecule has 1 aromatic rings. The van der Waals surface area contributed by atoms with Crippen molar-refractivity contribution in [3.8, 4) is 0 Å². The largest absolute Gasteiger partial charge is 0.480 e. The molecule has 1 fully saturated rings. The second kappa shape index (κ2) is 7.42. The number of hydrogen-bond acceptors (Lipinski definition) is 6. The number of carboxylic acids is 2. The zero-order chi connectivity index (χ0) is 18.8. The minimum absolute atomic E-state index is 0.555. The smallest absolute Gasteiger partial charge is 0.328 e. The standard InChI is InChI=1S/C16H21N3O5S/c1-16(2)11(15(23)24)19-13(25-16)10(14(21)22)18-12(20)9(17)8-6-4-3-5-7-8/h3-7,9-11,13,19H,17H2,1-2H3,(H,18,20)(H,21,22)(H,23,24)/t9-,10-,11+,13?/m1/s1. The van der Waals surface area contributed by atoms with Crippen LogP contribution in [0, 0.1) is 0 Å². The number of amides is 1. The zero-order valence-corrected chi connectivity index (χ0v) is 14.6. The summed E-state index contributed by atoms with van der Waals surface area (Å²) in [6.07, 6.45) is 0. The number of carboxylic acid groups (broad SMARTS) is 2. The van der Waals surface area contributed by atoms with Gasteiger partial charge in [0.1, 0.15) is 12.1 Å². The lowest BCUT2D eigenvalue weighted by atomic mass is 10.0. The SMILES string of the molecule is CC1(C)SC([C@@H](NC(=O)[C@H](N)c2ccccc2)C(=O)O)N[C@H]1C(=O)O. The van der Waals surface area contributed by atoms with E-state index >= 15 is 0 Å². The number of thioether (sulfide) groups is 1. The molecule has 1 aliphatic rings. The third-order valence-electron chi connectivity index (χ3n) is 4.01. The molecule has 1 unspecified atom stereocenters. The molecule has 0 bridgehead atoms. The molecule has 9 heteroatoms. The molecule has 0 spiro atoms. The van der Waals surface area contributed by atoms with Gasteiger partial charge in [0.25, 0.3) is 0 Å². The first-order valence-electron chi connectivity index (χ1n) is 7.64. The quantitative estimate of drug-likeness (QED) is 0.478. The van der Waals surface area contributed by atoms with Crippen LogP contribution in [-0.4, -0.2) is 50.3 Å². The fourth-order valence-corrected chi connectivity index (χ4v) is 4.13. The van der Waals surface area contributed by atoms with Crippen LogP contribution in [0.4, 0.5) is 0 Å². The van der Waals surface area contributed by atoms with Gasteiger partial charge >= 0.3 is 11.9 Å². The van der Waals surface area contributed by atoms with Gasteiger partial charge in [0.05, 0.1) is 5.37 Å². The summed E-state index contributed by atoms with van der Waals surface area (Å²) in [4.78, 5) is 35.3. The first-order valence-corrected chi connectivity index (χ1v) is 8.52. The van der Waals surface area contributed by atoms with Crippen LogP contribution in [0.25, 0.3) is 0 Å². The van der Waals surface area contributed by atoms with Gasteiger partial charge in [-0.1, -0.05) is 30.3 Å². The van der Waals surface area contributed by atoms with Gasteiger partial charge in [-0.05, 0) is 19.4 Å². The molecule has 4 atom stereocenters. The van der Waals surface area contributed by atoms with E-state index in [0.717, 1.165) is 11.8 Å². The summed E-state index contributed by atoms with van der Waals surface area (Å²) in [5.41, 5.74) is 6.44. The monoisotopic (exact) mass is 367 g/mol. The zero-order valence-electron chi connectivity index (χ0n) is 13.8. The molecule has 8 nitrogen and oxygen atoms in total. The maximum Gasteiger partial charge on any atom is 0.328 e. The van der Waals surface area contributed by atoms with E-state index in [1.54, 1.807) is 44.2 Å². The van der Waals surface area contributed by atoms with E-state index in [9.17, 15) is 24.6 Å². The van der Waals surface area contributed by atoms with E-state index in [-0.39, 0.29) is 0 Å². The highest BCUT2D eigenvalue weighted by Gasteiger charge is 2.49. The number of benzene rings is 1. The van der Waals surface area contributed by atoms with E-state index in [0.29, 0.717) is 5.56 Å². The molecule has 0 saturated carbocycles. The van der Waals surface area contributed by atoms with Crippen molar-refractivity contribution in [1.29, 1.82) is 0 Å². The molecule has 0 radical (unpaired) electrons. The molecule has 0 aliphatic carbocycles. The van der Waals surface area contributed by atoms with E-state index in [4.69, 9.17) is 5.73 Å². The molecule has 136 valence electrons. The molecule has 1 heterocycles. The Kier molecular flexibility index (Phi) is 5.71. The lowest BCUT2D eigenvalue weighted by molar-refractivity contribution is -0.143. The van der Waals surface area contributed by atoms with Crippen LogP contribution in [0.1, 0.15) is 25.5 Å². The average Bonchev–Trinajstić information content (AvgIpc) is 2.87. The molecule has 6 N–H and O–H groups in total. The second-order valence-corrected chi connectivity index (χ2v) is 8.09. The Balaban J connectivity index is 2.13. The normalized spacial score (nSPS) is 24.3. The molecule has 1 aliphatic heterocycles. The number of carbonyl (C=O) groups excluding carboxylic acids is 1. The number of aliphatic carboxylic acids is 2. The van der Waals surface area contributed by atoms with E-state index < -0.39 is 46.1 Å². The van der Waals surface area contributed by atoms with Gasteiger partial charge in [-0.2, -0.15) is 0 Å². The van der Waals surface area contributed by atoms with Gasteiger partial charge in [-0.3, -0.25) is 14.9 Å². The summed E-state index contributed by atoms with van der Waals surface area (Å²) in [5, 5.41) is 23.1. The fraction of sp³-hybridized carbons (Fsp3) is 0.438. The minimum Gasteiger partial charge on any atom is -0.480 e. The van der Waals surface area contributed by atoms with Gasteiger partial charge in [-0.15, -0.1) is 11.8 Å². The third kappa shape index (κ3) is 4.30. The highest BCUT2D eigenvalue weighted by atomic mass is 32.2. The maximum absolute atomic E-state index is 12.3. The maximum atomic E-state index is 12.3. The summed E-state index contributed by atoms with van der Waals surface area (Å²) in [5.74, 6) is -2.98. The van der Waals surface area contributed by atoms with Crippen LogP contribution in [0.5, 0.6) is 0 Å². The predicted molar refractivity (Wildman–Crippen MR) is 93.0 cm³/mol. The van der Waals surface area contributed by atoms with Crippen molar-refractivity contribution in [2.75, 3.05) is 0 Å². The Morgan fingerprint density at radius 2 is 1.84 bits per heavy atom. The van der Waals surface area contributed by atoms with Gasteiger partial charge in [0.2, 0.25) is 5.91 Å². The summed E-state index contributed by atoms with van der Waals surface area (Å²) >= 11 is 1.16. The number of rotatable bonds is 6.